The number of carbonyl (C=O) groups excluding carboxylic acids is 2. The van der Waals surface area contributed by atoms with Gasteiger partial charge in [-0.25, -0.2) is 0 Å². The van der Waals surface area contributed by atoms with Crippen LogP contribution in [-0.4, -0.2) is 34.7 Å². The zero-order valence-corrected chi connectivity index (χ0v) is 11.3. The van der Waals surface area contributed by atoms with Crippen molar-refractivity contribution in [3.63, 3.8) is 0 Å². The van der Waals surface area contributed by atoms with Gasteiger partial charge in [-0.3, -0.25) is 14.4 Å². The van der Waals surface area contributed by atoms with Crippen LogP contribution < -0.4 is 5.56 Å². The van der Waals surface area contributed by atoms with Crippen molar-refractivity contribution >= 4 is 11.7 Å². The van der Waals surface area contributed by atoms with Gasteiger partial charge in [0.05, 0.1) is 0 Å². The minimum Gasteiger partial charge on any atom is -0.338 e. The predicted molar refractivity (Wildman–Crippen MR) is 71.6 cm³/mol. The molecule has 0 saturated carbocycles. The van der Waals surface area contributed by atoms with E-state index in [0.29, 0.717) is 24.3 Å². The summed E-state index contributed by atoms with van der Waals surface area (Å²) in [4.78, 5) is 39.9. The number of aryl methyl sites for hydroxylation is 1. The first-order valence-electron chi connectivity index (χ1n) is 6.55. The number of H-pyrrole nitrogens is 1. The summed E-state index contributed by atoms with van der Waals surface area (Å²) in [6.07, 6.45) is 3.05. The quantitative estimate of drug-likeness (QED) is 0.821. The van der Waals surface area contributed by atoms with E-state index in [9.17, 15) is 14.4 Å². The summed E-state index contributed by atoms with van der Waals surface area (Å²) in [5, 5.41) is 0. The van der Waals surface area contributed by atoms with Gasteiger partial charge < -0.3 is 9.88 Å². The largest absolute Gasteiger partial charge is 0.338 e. The Balaban J connectivity index is 2.38. The molecule has 2 rings (SSSR count). The van der Waals surface area contributed by atoms with Gasteiger partial charge in [0.1, 0.15) is 5.56 Å². The molecule has 1 aliphatic heterocycles. The Morgan fingerprint density at radius 2 is 1.79 bits per heavy atom. The second kappa shape index (κ2) is 5.38. The molecule has 1 fully saturated rings. The van der Waals surface area contributed by atoms with Crippen LogP contribution in [0.15, 0.2) is 10.9 Å². The van der Waals surface area contributed by atoms with E-state index in [4.69, 9.17) is 0 Å². The van der Waals surface area contributed by atoms with Crippen LogP contribution in [0.2, 0.25) is 0 Å². The molecule has 0 bridgehead atoms. The number of hydrogen-bond acceptors (Lipinski definition) is 3. The van der Waals surface area contributed by atoms with Gasteiger partial charge in [-0.2, -0.15) is 0 Å². The summed E-state index contributed by atoms with van der Waals surface area (Å²) in [5.41, 5.74) is 0.559. The highest BCUT2D eigenvalue weighted by Gasteiger charge is 2.22. The van der Waals surface area contributed by atoms with Crippen LogP contribution in [0.5, 0.6) is 0 Å². The van der Waals surface area contributed by atoms with Gasteiger partial charge in [-0.1, -0.05) is 0 Å². The Labute approximate surface area is 111 Å². The molecule has 1 aromatic rings. The maximum atomic E-state index is 12.3. The lowest BCUT2D eigenvalue weighted by atomic mass is 10.1. The third-order valence-corrected chi connectivity index (χ3v) is 3.49. The fraction of sp³-hybridized carbons (Fsp3) is 0.500. The molecule has 0 aromatic carbocycles. The number of likely N-dealkylation sites (tertiary alicyclic amines) is 1. The fourth-order valence-corrected chi connectivity index (χ4v) is 2.41. The molecule has 0 aliphatic carbocycles. The number of aromatic nitrogens is 1. The van der Waals surface area contributed by atoms with Crippen LogP contribution in [0.3, 0.4) is 0 Å². The number of Topliss-reactive ketones (excluding diaryl/α,β-unsaturated/α-hetero) is 1. The van der Waals surface area contributed by atoms with E-state index in [1.807, 2.05) is 0 Å². The number of ketones is 1. The molecule has 5 nitrogen and oxygen atoms in total. The van der Waals surface area contributed by atoms with E-state index in [2.05, 4.69) is 4.98 Å². The number of pyridine rings is 1. The van der Waals surface area contributed by atoms with Crippen LogP contribution in [0.25, 0.3) is 0 Å². The van der Waals surface area contributed by atoms with Crippen molar-refractivity contribution in [1.82, 2.24) is 9.88 Å². The van der Waals surface area contributed by atoms with Gasteiger partial charge in [0.25, 0.3) is 11.5 Å². The second-order valence-electron chi connectivity index (χ2n) is 4.96. The van der Waals surface area contributed by atoms with Gasteiger partial charge in [0.2, 0.25) is 0 Å². The molecule has 1 saturated heterocycles. The molecule has 0 unspecified atom stereocenters. The summed E-state index contributed by atoms with van der Waals surface area (Å²) < 4.78 is 0. The maximum absolute atomic E-state index is 12.3. The third-order valence-electron chi connectivity index (χ3n) is 3.49. The summed E-state index contributed by atoms with van der Waals surface area (Å²) in [5.74, 6) is -0.426. The molecule has 1 aliphatic rings. The van der Waals surface area contributed by atoms with Gasteiger partial charge in [0, 0.05) is 24.3 Å². The van der Waals surface area contributed by atoms with Crippen LogP contribution in [-0.2, 0) is 0 Å². The topological polar surface area (TPSA) is 70.2 Å². The molecule has 2 heterocycles. The smallest absolute Gasteiger partial charge is 0.261 e. The molecular formula is C14H18N2O3. The van der Waals surface area contributed by atoms with Crippen molar-refractivity contribution in [2.24, 2.45) is 0 Å². The maximum Gasteiger partial charge on any atom is 0.261 e. The third kappa shape index (κ3) is 2.75. The van der Waals surface area contributed by atoms with Crippen molar-refractivity contribution in [1.29, 1.82) is 0 Å². The number of nitrogens with one attached hydrogen (secondary N) is 1. The van der Waals surface area contributed by atoms with Gasteiger partial charge in [-0.15, -0.1) is 0 Å². The van der Waals surface area contributed by atoms with E-state index in [1.54, 1.807) is 11.8 Å². The first-order chi connectivity index (χ1) is 9.00. The minimum absolute atomic E-state index is 0.0673. The van der Waals surface area contributed by atoms with Crippen LogP contribution in [0.1, 0.15) is 52.6 Å². The first kappa shape index (κ1) is 13.5. The lowest BCUT2D eigenvalue weighted by Gasteiger charge is -2.26. The first-order valence-corrected chi connectivity index (χ1v) is 6.55. The molecule has 1 amide bonds. The van der Waals surface area contributed by atoms with Crippen molar-refractivity contribution < 1.29 is 9.59 Å². The summed E-state index contributed by atoms with van der Waals surface area (Å²) in [6, 6.07) is 1.42. The minimum atomic E-state index is -0.418. The number of amides is 1. The molecule has 1 N–H and O–H groups in total. The SMILES string of the molecule is CC(=O)c1cc(C(=O)N2CCCCC2)c(=O)[nH]c1C. The highest BCUT2D eigenvalue weighted by molar-refractivity contribution is 5.99. The number of nitrogens with zero attached hydrogens (tertiary/aromatic N) is 1. The normalized spacial score (nSPS) is 15.4. The van der Waals surface area contributed by atoms with E-state index in [1.165, 1.54) is 13.0 Å². The van der Waals surface area contributed by atoms with Gasteiger partial charge in [-0.05, 0) is 39.2 Å². The van der Waals surface area contributed by atoms with Crippen molar-refractivity contribution in [2.75, 3.05) is 13.1 Å². The van der Waals surface area contributed by atoms with Crippen LogP contribution in [0, 0.1) is 6.92 Å². The summed E-state index contributed by atoms with van der Waals surface area (Å²) >= 11 is 0. The van der Waals surface area contributed by atoms with Crippen molar-refractivity contribution in [2.45, 2.75) is 33.1 Å². The van der Waals surface area contributed by atoms with Crippen molar-refractivity contribution in [3.05, 3.63) is 33.2 Å². The van der Waals surface area contributed by atoms with E-state index < -0.39 is 5.56 Å². The van der Waals surface area contributed by atoms with Crippen LogP contribution in [0.4, 0.5) is 0 Å². The Bertz CT molecular complexity index is 569. The Morgan fingerprint density at radius 1 is 1.16 bits per heavy atom. The molecular weight excluding hydrogens is 244 g/mol. The lowest BCUT2D eigenvalue weighted by Crippen LogP contribution is -2.38. The standard InChI is InChI=1S/C14H18N2O3/c1-9-11(10(2)17)8-12(13(18)15-9)14(19)16-6-4-3-5-7-16/h8H,3-7H2,1-2H3,(H,15,18). The molecule has 1 aromatic heterocycles. The number of carbonyl (C=O) groups is 2. The highest BCUT2D eigenvalue weighted by atomic mass is 16.2. The molecule has 102 valence electrons. The van der Waals surface area contributed by atoms with Crippen molar-refractivity contribution in [3.8, 4) is 0 Å². The second-order valence-corrected chi connectivity index (χ2v) is 4.96. The summed E-state index contributed by atoms with van der Waals surface area (Å²) in [6.45, 7) is 4.45. The molecule has 0 spiro atoms. The fourth-order valence-electron chi connectivity index (χ4n) is 2.41. The predicted octanol–water partition coefficient (Wildman–Crippen LogP) is 1.51. The van der Waals surface area contributed by atoms with Crippen LogP contribution >= 0.6 is 0 Å². The monoisotopic (exact) mass is 262 g/mol. The molecule has 0 radical (unpaired) electrons. The molecule has 5 heteroatoms. The Kier molecular flexibility index (Phi) is 3.83. The van der Waals surface area contributed by atoms with Gasteiger partial charge >= 0.3 is 0 Å². The van der Waals surface area contributed by atoms with E-state index in [0.717, 1.165) is 19.3 Å². The Hall–Kier alpha value is -1.91. The van der Waals surface area contributed by atoms with E-state index >= 15 is 0 Å². The number of hydrogen-bond donors (Lipinski definition) is 1. The zero-order valence-electron chi connectivity index (χ0n) is 11.3. The number of aromatic amines is 1. The molecule has 0 atom stereocenters. The highest BCUT2D eigenvalue weighted by Crippen LogP contribution is 2.13. The number of rotatable bonds is 2. The zero-order chi connectivity index (χ0) is 14.0. The lowest BCUT2D eigenvalue weighted by molar-refractivity contribution is 0.0722. The van der Waals surface area contributed by atoms with Gasteiger partial charge in [0.15, 0.2) is 5.78 Å². The number of piperidine rings is 1. The van der Waals surface area contributed by atoms with E-state index in [-0.39, 0.29) is 17.3 Å². The molecule has 19 heavy (non-hydrogen) atoms. The average Bonchev–Trinajstić information content (AvgIpc) is 2.38. The average molecular weight is 262 g/mol. The Morgan fingerprint density at radius 3 is 2.37 bits per heavy atom. The summed E-state index contributed by atoms with van der Waals surface area (Å²) in [7, 11) is 0.